The largest absolute Gasteiger partial charge is 0.444 e. The molecule has 6 atom stereocenters. The van der Waals surface area contributed by atoms with Crippen LogP contribution in [0.5, 0.6) is 0 Å². The monoisotopic (exact) mass is 479 g/mol. The molecule has 190 valence electrons. The normalized spacial score (nSPS) is 28.9. The molecule has 5 amide bonds. The van der Waals surface area contributed by atoms with Crippen molar-refractivity contribution >= 4 is 29.7 Å². The molecule has 34 heavy (non-hydrogen) atoms. The zero-order valence-electron chi connectivity index (χ0n) is 20.8. The maximum absolute atomic E-state index is 13.4. The molecule has 3 rings (SSSR count). The van der Waals surface area contributed by atoms with E-state index in [-0.39, 0.29) is 29.6 Å². The van der Waals surface area contributed by atoms with Crippen LogP contribution in [-0.4, -0.2) is 71.4 Å². The van der Waals surface area contributed by atoms with Gasteiger partial charge in [-0.1, -0.05) is 13.8 Å². The highest BCUT2D eigenvalue weighted by molar-refractivity contribution is 5.95. The molecule has 5 N–H and O–H groups in total. The molecule has 1 saturated carbocycles. The highest BCUT2D eigenvalue weighted by atomic mass is 16.6. The van der Waals surface area contributed by atoms with Crippen LogP contribution in [-0.2, 0) is 23.9 Å². The number of rotatable bonds is 7. The molecule has 0 aromatic rings. The Labute approximate surface area is 199 Å². The standard InChI is InChI=1S/C23H37N5O6/c1-11(26-21(33)34-22(2,3)4)20(32)28-10-13-15(23(13,5)6)16(28)19(31)27-14(17(24)29)9-12-7-8-25-18(12)30/h11-16H,7-10H2,1-6H3,(H2,24,29)(H,25,30)(H,26,33)(H,27,31)/t11?,12-,13-,14?,15-,16-/m0/s1. The SMILES string of the molecule is CC(NC(=O)OC(C)(C)C)C(=O)N1C[C@H]2[C@@H]([C@H]1C(=O)NC(C[C@@H]1CCNC1=O)C(N)=O)C2(C)C. The van der Waals surface area contributed by atoms with Crippen LogP contribution in [0.25, 0.3) is 0 Å². The van der Waals surface area contributed by atoms with E-state index in [1.807, 2.05) is 13.8 Å². The van der Waals surface area contributed by atoms with E-state index in [4.69, 9.17) is 10.5 Å². The van der Waals surface area contributed by atoms with Gasteiger partial charge in [0.15, 0.2) is 0 Å². The van der Waals surface area contributed by atoms with Gasteiger partial charge in [0.25, 0.3) is 0 Å². The number of carbonyl (C=O) groups excluding carboxylic acids is 5. The van der Waals surface area contributed by atoms with E-state index in [0.717, 1.165) is 0 Å². The van der Waals surface area contributed by atoms with Crippen LogP contribution >= 0.6 is 0 Å². The number of nitrogens with zero attached hydrogens (tertiary/aromatic N) is 1. The van der Waals surface area contributed by atoms with Crippen molar-refractivity contribution in [1.29, 1.82) is 0 Å². The second kappa shape index (κ2) is 9.07. The molecule has 11 heteroatoms. The summed E-state index contributed by atoms with van der Waals surface area (Å²) >= 11 is 0. The Balaban J connectivity index is 1.71. The number of amides is 5. The summed E-state index contributed by atoms with van der Waals surface area (Å²) in [5.41, 5.74) is 4.68. The van der Waals surface area contributed by atoms with Crippen molar-refractivity contribution in [2.75, 3.05) is 13.1 Å². The van der Waals surface area contributed by atoms with E-state index in [2.05, 4.69) is 16.0 Å². The van der Waals surface area contributed by atoms with Crippen LogP contribution in [0.3, 0.4) is 0 Å². The third kappa shape index (κ3) is 5.28. The Hall–Kier alpha value is -2.85. The minimum Gasteiger partial charge on any atom is -0.444 e. The smallest absolute Gasteiger partial charge is 0.408 e. The number of likely N-dealkylation sites (tertiary alicyclic amines) is 1. The minimum absolute atomic E-state index is 0.0755. The molecule has 1 aliphatic carbocycles. The number of nitrogens with one attached hydrogen (secondary N) is 3. The molecule has 0 aromatic carbocycles. The molecule has 0 spiro atoms. The zero-order chi connectivity index (χ0) is 25.6. The van der Waals surface area contributed by atoms with E-state index in [1.54, 1.807) is 27.7 Å². The lowest BCUT2D eigenvalue weighted by Crippen LogP contribution is -2.58. The van der Waals surface area contributed by atoms with E-state index in [0.29, 0.717) is 19.5 Å². The number of nitrogens with two attached hydrogens (primary N) is 1. The van der Waals surface area contributed by atoms with Gasteiger partial charge in [0.1, 0.15) is 23.7 Å². The summed E-state index contributed by atoms with van der Waals surface area (Å²) in [6.07, 6.45) is -0.0394. The lowest BCUT2D eigenvalue weighted by atomic mass is 9.96. The van der Waals surface area contributed by atoms with Gasteiger partial charge < -0.3 is 31.3 Å². The molecule has 0 aromatic heterocycles. The van der Waals surface area contributed by atoms with Gasteiger partial charge in [0.05, 0.1) is 0 Å². The predicted octanol–water partition coefficient (Wildman–Crippen LogP) is -0.121. The first-order valence-corrected chi connectivity index (χ1v) is 11.8. The molecule has 11 nitrogen and oxygen atoms in total. The first-order valence-electron chi connectivity index (χ1n) is 11.8. The lowest BCUT2D eigenvalue weighted by molar-refractivity contribution is -0.142. The first-order chi connectivity index (χ1) is 15.6. The fraction of sp³-hybridized carbons (Fsp3) is 0.783. The third-order valence-corrected chi connectivity index (χ3v) is 7.21. The van der Waals surface area contributed by atoms with Gasteiger partial charge in [-0.2, -0.15) is 0 Å². The Kier molecular flexibility index (Phi) is 6.87. The lowest BCUT2D eigenvalue weighted by Gasteiger charge is -2.33. The van der Waals surface area contributed by atoms with Crippen molar-refractivity contribution in [2.24, 2.45) is 28.9 Å². The molecule has 3 aliphatic rings. The Morgan fingerprint density at radius 3 is 2.41 bits per heavy atom. The van der Waals surface area contributed by atoms with Crippen molar-refractivity contribution in [2.45, 2.75) is 78.1 Å². The summed E-state index contributed by atoms with van der Waals surface area (Å²) < 4.78 is 5.23. The number of piperidine rings is 1. The minimum atomic E-state index is -1.02. The average Bonchev–Trinajstić information content (AvgIpc) is 3.06. The van der Waals surface area contributed by atoms with Crippen LogP contribution in [0, 0.1) is 23.2 Å². The van der Waals surface area contributed by atoms with Crippen molar-refractivity contribution in [3.63, 3.8) is 0 Å². The molecule has 0 bridgehead atoms. The molecule has 2 saturated heterocycles. The Morgan fingerprint density at radius 1 is 1.24 bits per heavy atom. The molecular formula is C23H37N5O6. The van der Waals surface area contributed by atoms with Crippen LogP contribution in [0.1, 0.15) is 54.4 Å². The van der Waals surface area contributed by atoms with Gasteiger partial charge in [-0.3, -0.25) is 19.2 Å². The molecule has 2 aliphatic heterocycles. The van der Waals surface area contributed by atoms with Crippen molar-refractivity contribution in [1.82, 2.24) is 20.9 Å². The van der Waals surface area contributed by atoms with Gasteiger partial charge in [0.2, 0.25) is 23.6 Å². The zero-order valence-corrected chi connectivity index (χ0v) is 20.8. The van der Waals surface area contributed by atoms with Gasteiger partial charge in [-0.25, -0.2) is 4.79 Å². The van der Waals surface area contributed by atoms with E-state index in [1.165, 1.54) is 4.90 Å². The second-order valence-corrected chi connectivity index (χ2v) is 11.2. The number of hydrogen-bond donors (Lipinski definition) is 4. The second-order valence-electron chi connectivity index (χ2n) is 11.2. The average molecular weight is 480 g/mol. The summed E-state index contributed by atoms with van der Waals surface area (Å²) in [6, 6.07) is -2.72. The van der Waals surface area contributed by atoms with Crippen LogP contribution < -0.4 is 21.7 Å². The van der Waals surface area contributed by atoms with Crippen molar-refractivity contribution in [3.8, 4) is 0 Å². The molecule has 3 fully saturated rings. The number of alkyl carbamates (subject to hydrolysis) is 1. The van der Waals surface area contributed by atoms with E-state index in [9.17, 15) is 24.0 Å². The number of carbonyl (C=O) groups is 5. The Bertz CT molecular complexity index is 882. The van der Waals surface area contributed by atoms with Crippen LogP contribution in [0.2, 0.25) is 0 Å². The molecule has 2 heterocycles. The van der Waals surface area contributed by atoms with E-state index < -0.39 is 53.5 Å². The fourth-order valence-corrected chi connectivity index (χ4v) is 5.27. The molecular weight excluding hydrogens is 442 g/mol. The van der Waals surface area contributed by atoms with Gasteiger partial charge >= 0.3 is 6.09 Å². The highest BCUT2D eigenvalue weighted by Crippen LogP contribution is 2.64. The summed E-state index contributed by atoms with van der Waals surface area (Å²) in [6.45, 7) is 11.7. The summed E-state index contributed by atoms with van der Waals surface area (Å²) in [5.74, 6) is -2.11. The van der Waals surface area contributed by atoms with E-state index >= 15 is 0 Å². The van der Waals surface area contributed by atoms with Gasteiger partial charge in [-0.15, -0.1) is 0 Å². The first kappa shape index (κ1) is 25.8. The maximum atomic E-state index is 13.4. The van der Waals surface area contributed by atoms with Crippen LogP contribution in [0.4, 0.5) is 4.79 Å². The highest BCUT2D eigenvalue weighted by Gasteiger charge is 2.69. The maximum Gasteiger partial charge on any atom is 0.408 e. The van der Waals surface area contributed by atoms with Gasteiger partial charge in [0, 0.05) is 19.0 Å². The predicted molar refractivity (Wildman–Crippen MR) is 122 cm³/mol. The number of ether oxygens (including phenoxy) is 1. The van der Waals surface area contributed by atoms with Crippen LogP contribution in [0.15, 0.2) is 0 Å². The third-order valence-electron chi connectivity index (χ3n) is 7.21. The number of fused-ring (bicyclic) bond motifs is 1. The number of hydrogen-bond acceptors (Lipinski definition) is 6. The Morgan fingerprint density at radius 2 is 1.88 bits per heavy atom. The summed E-state index contributed by atoms with van der Waals surface area (Å²) in [4.78, 5) is 64.2. The van der Waals surface area contributed by atoms with Gasteiger partial charge in [-0.05, 0) is 57.8 Å². The quantitative estimate of drug-likeness (QED) is 0.398. The topological polar surface area (TPSA) is 160 Å². The summed E-state index contributed by atoms with van der Waals surface area (Å²) in [7, 11) is 0. The molecule has 0 radical (unpaired) electrons. The molecule has 2 unspecified atom stereocenters. The summed E-state index contributed by atoms with van der Waals surface area (Å²) in [5, 5.41) is 7.94. The van der Waals surface area contributed by atoms with Crippen molar-refractivity contribution in [3.05, 3.63) is 0 Å². The number of primary amides is 1. The van der Waals surface area contributed by atoms with Crippen molar-refractivity contribution < 1.29 is 28.7 Å². The fourth-order valence-electron chi connectivity index (χ4n) is 5.27.